The molecule has 0 aliphatic carbocycles. The molecule has 0 atom stereocenters. The standard InChI is InChI=1S/C23H42N.ClH/c1-5-7-8-9-10-11-12-13-14-17-20-24(3,4)21-23-19-16-15-18-22(23)6-2;/h15-16,18-19H,5-14,17,20-21H2,1-4H3;1H/q+1;/p-1. The van der Waals surface area contributed by atoms with Crippen molar-refractivity contribution in [2.24, 2.45) is 0 Å². The smallest absolute Gasteiger partial charge is 0.104 e. The first kappa shape index (κ1) is 24.5. The summed E-state index contributed by atoms with van der Waals surface area (Å²) < 4.78 is 1.12. The summed E-state index contributed by atoms with van der Waals surface area (Å²) in [4.78, 5) is 0. The molecule has 0 aromatic heterocycles. The molecule has 1 rings (SSSR count). The van der Waals surface area contributed by atoms with Crippen LogP contribution in [0.1, 0.15) is 89.2 Å². The van der Waals surface area contributed by atoms with Crippen LogP contribution in [0.25, 0.3) is 0 Å². The van der Waals surface area contributed by atoms with E-state index in [2.05, 4.69) is 52.2 Å². The highest BCUT2D eigenvalue weighted by molar-refractivity contribution is 5.26. The molecule has 0 saturated carbocycles. The third-order valence-electron chi connectivity index (χ3n) is 5.21. The molecule has 0 spiro atoms. The Kier molecular flexibility index (Phi) is 14.3. The molecule has 0 fully saturated rings. The van der Waals surface area contributed by atoms with Crippen molar-refractivity contribution in [1.82, 2.24) is 0 Å². The minimum atomic E-state index is 0. The molecule has 0 aliphatic rings. The third-order valence-corrected chi connectivity index (χ3v) is 5.21. The van der Waals surface area contributed by atoms with Gasteiger partial charge in [0.15, 0.2) is 0 Å². The van der Waals surface area contributed by atoms with Crippen LogP contribution in [0.15, 0.2) is 24.3 Å². The van der Waals surface area contributed by atoms with E-state index in [1.165, 1.54) is 88.4 Å². The molecular formula is C23H42ClN. The van der Waals surface area contributed by atoms with Crippen LogP contribution in [0.5, 0.6) is 0 Å². The highest BCUT2D eigenvalue weighted by atomic mass is 35.5. The Morgan fingerprint density at radius 2 is 1.16 bits per heavy atom. The highest BCUT2D eigenvalue weighted by Gasteiger charge is 2.16. The molecule has 0 amide bonds. The summed E-state index contributed by atoms with van der Waals surface area (Å²) in [7, 11) is 4.78. The van der Waals surface area contributed by atoms with Gasteiger partial charge in [-0.1, -0.05) is 89.5 Å². The molecule has 0 radical (unpaired) electrons. The van der Waals surface area contributed by atoms with Crippen LogP contribution in [0, 0.1) is 0 Å². The Labute approximate surface area is 164 Å². The predicted molar refractivity (Wildman–Crippen MR) is 108 cm³/mol. The number of nitrogens with zero attached hydrogens (tertiary/aromatic N) is 1. The second kappa shape index (κ2) is 14.6. The fourth-order valence-electron chi connectivity index (χ4n) is 3.62. The number of aryl methyl sites for hydroxylation is 1. The van der Waals surface area contributed by atoms with Gasteiger partial charge in [-0.05, 0) is 24.8 Å². The lowest BCUT2D eigenvalue weighted by atomic mass is 10.0. The highest BCUT2D eigenvalue weighted by Crippen LogP contribution is 2.17. The van der Waals surface area contributed by atoms with Gasteiger partial charge < -0.3 is 16.9 Å². The van der Waals surface area contributed by atoms with Gasteiger partial charge in [0.2, 0.25) is 0 Å². The average molecular weight is 368 g/mol. The maximum atomic E-state index is 2.39. The van der Waals surface area contributed by atoms with E-state index >= 15 is 0 Å². The van der Waals surface area contributed by atoms with E-state index in [-0.39, 0.29) is 12.4 Å². The molecule has 0 heterocycles. The summed E-state index contributed by atoms with van der Waals surface area (Å²) in [6.45, 7) is 7.03. The average Bonchev–Trinajstić information content (AvgIpc) is 2.56. The first-order chi connectivity index (χ1) is 11.6. The fourth-order valence-corrected chi connectivity index (χ4v) is 3.62. The van der Waals surface area contributed by atoms with E-state index < -0.39 is 0 Å². The lowest BCUT2D eigenvalue weighted by molar-refractivity contribution is -0.903. The molecule has 0 unspecified atom stereocenters. The molecule has 0 saturated heterocycles. The molecule has 0 bridgehead atoms. The number of quaternary nitrogens is 1. The summed E-state index contributed by atoms with van der Waals surface area (Å²) in [6.07, 6.45) is 15.4. The van der Waals surface area contributed by atoms with Crippen LogP contribution in [0.3, 0.4) is 0 Å². The fraction of sp³-hybridized carbons (Fsp3) is 0.739. The van der Waals surface area contributed by atoms with Gasteiger partial charge in [0, 0.05) is 5.56 Å². The van der Waals surface area contributed by atoms with Crippen LogP contribution in [-0.4, -0.2) is 25.1 Å². The first-order valence-corrected chi connectivity index (χ1v) is 10.5. The van der Waals surface area contributed by atoms with Gasteiger partial charge >= 0.3 is 0 Å². The lowest BCUT2D eigenvalue weighted by Crippen LogP contribution is -3.00. The van der Waals surface area contributed by atoms with Crippen molar-refractivity contribution in [3.8, 4) is 0 Å². The van der Waals surface area contributed by atoms with Crippen LogP contribution in [0.2, 0.25) is 0 Å². The zero-order valence-corrected chi connectivity index (χ0v) is 18.1. The number of unbranched alkanes of at least 4 members (excludes halogenated alkanes) is 9. The summed E-state index contributed by atoms with van der Waals surface area (Å²) in [5.74, 6) is 0. The van der Waals surface area contributed by atoms with Crippen LogP contribution < -0.4 is 12.4 Å². The summed E-state index contributed by atoms with van der Waals surface area (Å²) in [5.41, 5.74) is 3.06. The molecule has 146 valence electrons. The zero-order valence-electron chi connectivity index (χ0n) is 17.3. The van der Waals surface area contributed by atoms with Crippen LogP contribution in [0.4, 0.5) is 0 Å². The van der Waals surface area contributed by atoms with Gasteiger partial charge in [0.05, 0.1) is 20.6 Å². The van der Waals surface area contributed by atoms with Crippen LogP contribution in [-0.2, 0) is 13.0 Å². The minimum absolute atomic E-state index is 0. The second-order valence-corrected chi connectivity index (χ2v) is 8.12. The second-order valence-electron chi connectivity index (χ2n) is 8.12. The van der Waals surface area contributed by atoms with E-state index in [0.717, 1.165) is 10.9 Å². The normalized spacial score (nSPS) is 11.4. The maximum Gasteiger partial charge on any atom is 0.104 e. The maximum absolute atomic E-state index is 2.39. The Morgan fingerprint density at radius 3 is 1.68 bits per heavy atom. The minimum Gasteiger partial charge on any atom is -1.00 e. The number of hydrogen-bond acceptors (Lipinski definition) is 0. The van der Waals surface area contributed by atoms with Crippen molar-refractivity contribution in [3.05, 3.63) is 35.4 Å². The van der Waals surface area contributed by atoms with Gasteiger partial charge in [-0.15, -0.1) is 0 Å². The molecular weight excluding hydrogens is 326 g/mol. The van der Waals surface area contributed by atoms with Crippen molar-refractivity contribution < 1.29 is 16.9 Å². The monoisotopic (exact) mass is 367 g/mol. The molecule has 0 aliphatic heterocycles. The van der Waals surface area contributed by atoms with Gasteiger partial charge in [0.1, 0.15) is 6.54 Å². The quantitative estimate of drug-likeness (QED) is 0.347. The van der Waals surface area contributed by atoms with E-state index in [9.17, 15) is 0 Å². The molecule has 2 heteroatoms. The number of halogens is 1. The van der Waals surface area contributed by atoms with E-state index in [1.807, 2.05) is 0 Å². The van der Waals surface area contributed by atoms with Gasteiger partial charge in [-0.2, -0.15) is 0 Å². The van der Waals surface area contributed by atoms with Crippen molar-refractivity contribution in [2.45, 2.75) is 91.0 Å². The summed E-state index contributed by atoms with van der Waals surface area (Å²) in [5, 5.41) is 0. The predicted octanol–water partition coefficient (Wildman–Crippen LogP) is 3.75. The van der Waals surface area contributed by atoms with Gasteiger partial charge in [-0.3, -0.25) is 0 Å². The van der Waals surface area contributed by atoms with Crippen molar-refractivity contribution in [2.75, 3.05) is 20.6 Å². The number of hydrogen-bond donors (Lipinski definition) is 0. The van der Waals surface area contributed by atoms with E-state index in [1.54, 1.807) is 0 Å². The SMILES string of the molecule is CCCCCCCCCCCC[N+](C)(C)Cc1ccccc1CC.[Cl-]. The largest absolute Gasteiger partial charge is 1.00 e. The summed E-state index contributed by atoms with van der Waals surface area (Å²) >= 11 is 0. The van der Waals surface area contributed by atoms with Crippen molar-refractivity contribution in [3.63, 3.8) is 0 Å². The van der Waals surface area contributed by atoms with Crippen molar-refractivity contribution >= 4 is 0 Å². The molecule has 1 aromatic rings. The number of benzene rings is 1. The van der Waals surface area contributed by atoms with Gasteiger partial charge in [-0.25, -0.2) is 0 Å². The topological polar surface area (TPSA) is 0 Å². The van der Waals surface area contributed by atoms with Gasteiger partial charge in [0.25, 0.3) is 0 Å². The molecule has 1 nitrogen and oxygen atoms in total. The Balaban J connectivity index is 0.00000576. The number of rotatable bonds is 14. The van der Waals surface area contributed by atoms with Crippen LogP contribution >= 0.6 is 0 Å². The lowest BCUT2D eigenvalue weighted by Gasteiger charge is -2.30. The molecule has 25 heavy (non-hydrogen) atoms. The molecule has 0 N–H and O–H groups in total. The zero-order chi connectivity index (χ0) is 17.7. The molecule has 1 aromatic carbocycles. The van der Waals surface area contributed by atoms with E-state index in [4.69, 9.17) is 0 Å². The summed E-state index contributed by atoms with van der Waals surface area (Å²) in [6, 6.07) is 8.97. The van der Waals surface area contributed by atoms with E-state index in [0.29, 0.717) is 0 Å². The Morgan fingerprint density at radius 1 is 0.680 bits per heavy atom. The Bertz CT molecular complexity index is 428. The van der Waals surface area contributed by atoms with Crippen molar-refractivity contribution in [1.29, 1.82) is 0 Å². The third kappa shape index (κ3) is 11.7. The Hall–Kier alpha value is -0.530. The first-order valence-electron chi connectivity index (χ1n) is 10.5.